The van der Waals surface area contributed by atoms with Crippen molar-refractivity contribution < 1.29 is 14.7 Å². The Morgan fingerprint density at radius 2 is 2.21 bits per heavy atom. The Balaban J connectivity index is 1.64. The highest BCUT2D eigenvalue weighted by Crippen LogP contribution is 2.28. The maximum Gasteiger partial charge on any atom is 0.332 e. The van der Waals surface area contributed by atoms with Gasteiger partial charge in [-0.2, -0.15) is 5.10 Å². The monoisotopic (exact) mass is 331 g/mol. The Morgan fingerprint density at radius 3 is 2.88 bits per heavy atom. The molecule has 0 spiro atoms. The van der Waals surface area contributed by atoms with E-state index in [1.807, 2.05) is 24.6 Å². The van der Waals surface area contributed by atoms with Crippen LogP contribution in [-0.2, 0) is 22.6 Å². The predicted molar refractivity (Wildman–Crippen MR) is 85.3 cm³/mol. The molecule has 0 radical (unpaired) electrons. The number of aryl methyl sites for hydroxylation is 3. The van der Waals surface area contributed by atoms with E-state index >= 15 is 0 Å². The molecule has 0 saturated carbocycles. The second-order valence-electron chi connectivity index (χ2n) is 6.10. The zero-order valence-corrected chi connectivity index (χ0v) is 13.8. The lowest BCUT2D eigenvalue weighted by atomic mass is 10.0. The van der Waals surface area contributed by atoms with Crippen molar-refractivity contribution in [1.29, 1.82) is 0 Å². The van der Waals surface area contributed by atoms with Gasteiger partial charge in [0.2, 0.25) is 5.91 Å². The molecule has 2 N–H and O–H groups in total. The van der Waals surface area contributed by atoms with Gasteiger partial charge in [0, 0.05) is 37.3 Å². The van der Waals surface area contributed by atoms with Gasteiger partial charge < -0.3 is 15.0 Å². The molecular formula is C16H21N5O3. The first kappa shape index (κ1) is 16.2. The van der Waals surface area contributed by atoms with Crippen molar-refractivity contribution in [2.45, 2.75) is 45.7 Å². The van der Waals surface area contributed by atoms with Gasteiger partial charge in [0.15, 0.2) is 6.04 Å². The number of carboxylic acids is 1. The maximum atomic E-state index is 12.5. The van der Waals surface area contributed by atoms with Crippen LogP contribution in [0, 0.1) is 13.8 Å². The van der Waals surface area contributed by atoms with Crippen LogP contribution in [0.4, 0.5) is 0 Å². The highest BCUT2D eigenvalue weighted by molar-refractivity contribution is 5.85. The zero-order chi connectivity index (χ0) is 17.3. The molecule has 0 fully saturated rings. The van der Waals surface area contributed by atoms with E-state index in [9.17, 15) is 14.7 Å². The van der Waals surface area contributed by atoms with Gasteiger partial charge >= 0.3 is 5.97 Å². The lowest BCUT2D eigenvalue weighted by molar-refractivity contribution is -0.151. The molecule has 128 valence electrons. The van der Waals surface area contributed by atoms with Gasteiger partial charge in [-0.15, -0.1) is 0 Å². The number of amides is 1. The number of nitrogens with zero attached hydrogens (tertiary/aromatic N) is 4. The summed E-state index contributed by atoms with van der Waals surface area (Å²) in [6.07, 6.45) is 3.00. The van der Waals surface area contributed by atoms with Crippen LogP contribution in [0.25, 0.3) is 0 Å². The summed E-state index contributed by atoms with van der Waals surface area (Å²) < 4.78 is 1.87. The molecular weight excluding hydrogens is 310 g/mol. The molecule has 8 nitrogen and oxygen atoms in total. The Labute approximate surface area is 139 Å². The van der Waals surface area contributed by atoms with Gasteiger partial charge in [-0.3, -0.25) is 9.48 Å². The summed E-state index contributed by atoms with van der Waals surface area (Å²) in [5.74, 6) is -1.20. The van der Waals surface area contributed by atoms with E-state index < -0.39 is 12.0 Å². The number of carboxylic acid groups (broad SMARTS) is 1. The molecule has 1 aliphatic rings. The summed E-state index contributed by atoms with van der Waals surface area (Å²) >= 11 is 0. The highest BCUT2D eigenvalue weighted by atomic mass is 16.4. The van der Waals surface area contributed by atoms with E-state index in [0.29, 0.717) is 38.0 Å². The molecule has 8 heteroatoms. The van der Waals surface area contributed by atoms with E-state index in [-0.39, 0.29) is 5.91 Å². The van der Waals surface area contributed by atoms with Crippen LogP contribution < -0.4 is 0 Å². The molecule has 1 amide bonds. The number of carbonyl (C=O) groups excluding carboxylic acids is 1. The SMILES string of the molecule is Cc1cc(C)n(CCCC(=O)N2CCc3[nH]cnc3[C@H]2C(=O)O)n1. The largest absolute Gasteiger partial charge is 0.479 e. The molecule has 3 rings (SSSR count). The molecule has 0 aromatic carbocycles. The number of rotatable bonds is 5. The van der Waals surface area contributed by atoms with Crippen molar-refractivity contribution in [3.63, 3.8) is 0 Å². The van der Waals surface area contributed by atoms with Crippen LogP contribution in [0.1, 0.15) is 41.7 Å². The van der Waals surface area contributed by atoms with E-state index in [2.05, 4.69) is 15.1 Å². The molecule has 1 aliphatic heterocycles. The van der Waals surface area contributed by atoms with Crippen molar-refractivity contribution >= 4 is 11.9 Å². The van der Waals surface area contributed by atoms with Crippen molar-refractivity contribution in [1.82, 2.24) is 24.6 Å². The number of hydrogen-bond acceptors (Lipinski definition) is 4. The molecule has 2 aromatic rings. The maximum absolute atomic E-state index is 12.5. The molecule has 24 heavy (non-hydrogen) atoms. The van der Waals surface area contributed by atoms with E-state index in [1.165, 1.54) is 11.2 Å². The fourth-order valence-corrected chi connectivity index (χ4v) is 3.22. The summed E-state index contributed by atoms with van der Waals surface area (Å²) in [4.78, 5) is 32.6. The van der Waals surface area contributed by atoms with Crippen molar-refractivity contribution in [2.24, 2.45) is 0 Å². The summed E-state index contributed by atoms with van der Waals surface area (Å²) in [6, 6.07) is 0.993. The first-order chi connectivity index (χ1) is 11.5. The van der Waals surface area contributed by atoms with E-state index in [0.717, 1.165) is 17.1 Å². The molecule has 0 saturated heterocycles. The summed E-state index contributed by atoms with van der Waals surface area (Å²) in [6.45, 7) is 4.95. The first-order valence-corrected chi connectivity index (χ1v) is 8.03. The highest BCUT2D eigenvalue weighted by Gasteiger charge is 2.37. The molecule has 0 aliphatic carbocycles. The van der Waals surface area contributed by atoms with E-state index in [1.54, 1.807) is 0 Å². The third kappa shape index (κ3) is 3.04. The van der Waals surface area contributed by atoms with Crippen LogP contribution in [0.5, 0.6) is 0 Å². The number of carbonyl (C=O) groups is 2. The number of aromatic amines is 1. The predicted octanol–water partition coefficient (Wildman–Crippen LogP) is 1.21. The number of fused-ring (bicyclic) bond motifs is 1. The van der Waals surface area contributed by atoms with E-state index in [4.69, 9.17) is 0 Å². The average molecular weight is 331 g/mol. The zero-order valence-electron chi connectivity index (χ0n) is 13.8. The first-order valence-electron chi connectivity index (χ1n) is 8.03. The normalized spacial score (nSPS) is 16.9. The number of hydrogen-bond donors (Lipinski definition) is 2. The van der Waals surface area contributed by atoms with Crippen molar-refractivity contribution in [2.75, 3.05) is 6.54 Å². The standard InChI is InChI=1S/C16H21N5O3/c1-10-8-11(2)21(19-10)6-3-4-13(22)20-7-5-12-14(18-9-17-12)15(20)16(23)24/h8-9,15H,3-7H2,1-2H3,(H,17,18)(H,23,24)/t15-/m0/s1. The minimum absolute atomic E-state index is 0.155. The topological polar surface area (TPSA) is 104 Å². The van der Waals surface area contributed by atoms with Crippen LogP contribution in [0.15, 0.2) is 12.4 Å². The number of imidazole rings is 1. The third-order valence-electron chi connectivity index (χ3n) is 4.34. The third-order valence-corrected chi connectivity index (χ3v) is 4.34. The summed E-state index contributed by atoms with van der Waals surface area (Å²) in [7, 11) is 0. The Morgan fingerprint density at radius 1 is 1.42 bits per heavy atom. The Bertz CT molecular complexity index is 764. The van der Waals surface area contributed by atoms with Crippen LogP contribution in [0.3, 0.4) is 0 Å². The second kappa shape index (κ2) is 6.46. The molecule has 1 atom stereocenters. The second-order valence-corrected chi connectivity index (χ2v) is 6.10. The van der Waals surface area contributed by atoms with Crippen molar-refractivity contribution in [3.8, 4) is 0 Å². The minimum Gasteiger partial charge on any atom is -0.479 e. The smallest absolute Gasteiger partial charge is 0.332 e. The Kier molecular flexibility index (Phi) is 4.37. The number of nitrogens with one attached hydrogen (secondary N) is 1. The van der Waals surface area contributed by atoms with Gasteiger partial charge in [0.05, 0.1) is 17.7 Å². The lowest BCUT2D eigenvalue weighted by Gasteiger charge is -2.32. The lowest BCUT2D eigenvalue weighted by Crippen LogP contribution is -2.43. The van der Waals surface area contributed by atoms with Crippen LogP contribution in [-0.4, -0.2) is 48.2 Å². The molecule has 2 aromatic heterocycles. The van der Waals surface area contributed by atoms with Gasteiger partial charge in [0.1, 0.15) is 0 Å². The van der Waals surface area contributed by atoms with Crippen LogP contribution in [0.2, 0.25) is 0 Å². The molecule has 3 heterocycles. The summed E-state index contributed by atoms with van der Waals surface area (Å²) in [5, 5.41) is 13.9. The van der Waals surface area contributed by atoms with Crippen molar-refractivity contribution in [3.05, 3.63) is 35.2 Å². The fraction of sp³-hybridized carbons (Fsp3) is 0.500. The number of H-pyrrole nitrogens is 1. The van der Waals surface area contributed by atoms with Gasteiger partial charge in [-0.05, 0) is 26.3 Å². The van der Waals surface area contributed by atoms with Gasteiger partial charge in [-0.25, -0.2) is 9.78 Å². The van der Waals surface area contributed by atoms with Crippen LogP contribution >= 0.6 is 0 Å². The summed E-state index contributed by atoms with van der Waals surface area (Å²) in [5.41, 5.74) is 3.25. The molecule has 0 bridgehead atoms. The average Bonchev–Trinajstić information content (AvgIpc) is 3.12. The number of aliphatic carboxylic acids is 1. The Hall–Kier alpha value is -2.64. The molecule has 0 unspecified atom stereocenters. The van der Waals surface area contributed by atoms with Gasteiger partial charge in [-0.1, -0.05) is 0 Å². The minimum atomic E-state index is -1.05. The quantitative estimate of drug-likeness (QED) is 0.857. The fourth-order valence-electron chi connectivity index (χ4n) is 3.22. The number of aromatic nitrogens is 4. The van der Waals surface area contributed by atoms with Gasteiger partial charge in [0.25, 0.3) is 0 Å².